The zero-order valence-corrected chi connectivity index (χ0v) is 11.5. The minimum atomic E-state index is -0.674. The lowest BCUT2D eigenvalue weighted by Crippen LogP contribution is -2.02. The van der Waals surface area contributed by atoms with Crippen LogP contribution in [0.15, 0.2) is 23.6 Å². The van der Waals surface area contributed by atoms with Gasteiger partial charge in [-0.1, -0.05) is 35.3 Å². The molecule has 0 bridgehead atoms. The minimum absolute atomic E-state index is 0.412. The lowest BCUT2D eigenvalue weighted by Gasteiger charge is -2.11. The van der Waals surface area contributed by atoms with Gasteiger partial charge in [-0.25, -0.2) is 4.98 Å². The van der Waals surface area contributed by atoms with Crippen molar-refractivity contribution in [2.24, 2.45) is 0 Å². The van der Waals surface area contributed by atoms with Crippen LogP contribution in [-0.4, -0.2) is 10.1 Å². The lowest BCUT2D eigenvalue weighted by atomic mass is 10.1. The first-order chi connectivity index (χ1) is 8.08. The van der Waals surface area contributed by atoms with Crippen molar-refractivity contribution in [2.75, 3.05) is 0 Å². The van der Waals surface area contributed by atoms with E-state index in [9.17, 15) is 5.11 Å². The summed E-state index contributed by atoms with van der Waals surface area (Å²) in [5.74, 6) is 0. The van der Waals surface area contributed by atoms with Gasteiger partial charge >= 0.3 is 0 Å². The molecule has 2 rings (SSSR count). The Morgan fingerprint density at radius 3 is 2.82 bits per heavy atom. The zero-order valence-electron chi connectivity index (χ0n) is 9.15. The smallest absolute Gasteiger partial charge is 0.0957 e. The predicted octanol–water partition coefficient (Wildman–Crippen LogP) is 4.03. The molecule has 1 aromatic heterocycles. The van der Waals surface area contributed by atoms with Crippen LogP contribution in [0.4, 0.5) is 0 Å². The van der Waals surface area contributed by atoms with E-state index in [2.05, 4.69) is 4.98 Å². The lowest BCUT2D eigenvalue weighted by molar-refractivity contribution is 0.178. The molecule has 5 heteroatoms. The first-order valence-electron chi connectivity index (χ1n) is 5.11. The highest BCUT2D eigenvalue weighted by Gasteiger charge is 2.15. The summed E-state index contributed by atoms with van der Waals surface area (Å²) in [7, 11) is 0. The molecule has 1 N–H and O–H groups in total. The summed E-state index contributed by atoms with van der Waals surface area (Å²) in [6, 6.07) is 5.26. The molecule has 1 atom stereocenters. The molecule has 2 nitrogen and oxygen atoms in total. The molecular formula is C12H11Cl2NOS. The quantitative estimate of drug-likeness (QED) is 0.924. The summed E-state index contributed by atoms with van der Waals surface area (Å²) in [6.45, 7) is 1.93. The molecule has 0 aliphatic rings. The van der Waals surface area contributed by atoms with E-state index < -0.39 is 6.10 Å². The average molecular weight is 288 g/mol. The van der Waals surface area contributed by atoms with Crippen molar-refractivity contribution >= 4 is 34.5 Å². The van der Waals surface area contributed by atoms with Crippen molar-refractivity contribution in [2.45, 2.75) is 19.4 Å². The van der Waals surface area contributed by atoms with Crippen LogP contribution < -0.4 is 0 Å². The van der Waals surface area contributed by atoms with Crippen LogP contribution in [0.3, 0.4) is 0 Å². The largest absolute Gasteiger partial charge is 0.388 e. The van der Waals surface area contributed by atoms with Crippen LogP contribution in [0.2, 0.25) is 10.0 Å². The fourth-order valence-electron chi connectivity index (χ4n) is 1.55. The van der Waals surface area contributed by atoms with E-state index in [-0.39, 0.29) is 0 Å². The number of aliphatic hydroxyl groups excluding tert-OH is 1. The molecule has 0 saturated carbocycles. The van der Waals surface area contributed by atoms with Crippen LogP contribution >= 0.6 is 34.5 Å². The van der Waals surface area contributed by atoms with Crippen LogP contribution in [0, 0.1) is 6.92 Å². The predicted molar refractivity (Wildman–Crippen MR) is 72.0 cm³/mol. The second-order valence-corrected chi connectivity index (χ2v) is 5.47. The maximum atomic E-state index is 10.1. The van der Waals surface area contributed by atoms with E-state index in [1.807, 2.05) is 12.3 Å². The number of aliphatic hydroxyl groups is 1. The number of aromatic nitrogens is 1. The highest BCUT2D eigenvalue weighted by molar-refractivity contribution is 7.09. The maximum absolute atomic E-state index is 10.1. The van der Waals surface area contributed by atoms with Crippen molar-refractivity contribution < 1.29 is 5.11 Å². The Bertz CT molecular complexity index is 527. The molecule has 1 heterocycles. The van der Waals surface area contributed by atoms with E-state index in [1.54, 1.807) is 18.2 Å². The van der Waals surface area contributed by atoms with Gasteiger partial charge in [0, 0.05) is 23.1 Å². The SMILES string of the molecule is Cc1csc(CC(O)c2cccc(Cl)c2Cl)n1. The molecule has 0 spiro atoms. The van der Waals surface area contributed by atoms with E-state index in [1.165, 1.54) is 11.3 Å². The Labute approximate surface area is 114 Å². The number of rotatable bonds is 3. The third-order valence-corrected chi connectivity index (χ3v) is 4.20. The van der Waals surface area contributed by atoms with Crippen molar-refractivity contribution in [1.82, 2.24) is 4.98 Å². The Hall–Kier alpha value is -0.610. The molecular weight excluding hydrogens is 277 g/mol. The Morgan fingerprint density at radius 1 is 1.41 bits per heavy atom. The third-order valence-electron chi connectivity index (χ3n) is 2.38. The fraction of sp³-hybridized carbons (Fsp3) is 0.250. The van der Waals surface area contributed by atoms with E-state index in [4.69, 9.17) is 23.2 Å². The molecule has 0 aliphatic carbocycles. The highest BCUT2D eigenvalue weighted by Crippen LogP contribution is 2.31. The molecule has 1 unspecified atom stereocenters. The summed E-state index contributed by atoms with van der Waals surface area (Å²) < 4.78 is 0. The zero-order chi connectivity index (χ0) is 12.4. The molecule has 0 saturated heterocycles. The summed E-state index contributed by atoms with van der Waals surface area (Å²) in [6.07, 6.45) is -0.217. The molecule has 2 aromatic rings. The highest BCUT2D eigenvalue weighted by atomic mass is 35.5. The normalized spacial score (nSPS) is 12.7. The molecule has 0 radical (unpaired) electrons. The first-order valence-corrected chi connectivity index (χ1v) is 6.74. The number of benzene rings is 1. The maximum Gasteiger partial charge on any atom is 0.0957 e. The number of thiazole rings is 1. The van der Waals surface area contributed by atoms with Gasteiger partial charge in [-0.05, 0) is 13.0 Å². The van der Waals surface area contributed by atoms with Gasteiger partial charge in [0.15, 0.2) is 0 Å². The molecule has 17 heavy (non-hydrogen) atoms. The second kappa shape index (κ2) is 5.36. The summed E-state index contributed by atoms with van der Waals surface area (Å²) in [5.41, 5.74) is 1.61. The standard InChI is InChI=1S/C12H11Cl2NOS/c1-7-6-17-11(15-7)5-10(16)8-3-2-4-9(13)12(8)14/h2-4,6,10,16H,5H2,1H3. The van der Waals surface area contributed by atoms with E-state index in [0.717, 1.165) is 10.7 Å². The van der Waals surface area contributed by atoms with E-state index in [0.29, 0.717) is 22.0 Å². The van der Waals surface area contributed by atoms with Gasteiger partial charge in [-0.15, -0.1) is 11.3 Å². The Kier molecular flexibility index (Phi) is 4.05. The van der Waals surface area contributed by atoms with Gasteiger partial charge in [0.1, 0.15) is 0 Å². The van der Waals surface area contributed by atoms with Crippen LogP contribution in [0.25, 0.3) is 0 Å². The van der Waals surface area contributed by atoms with Gasteiger partial charge in [0.25, 0.3) is 0 Å². The van der Waals surface area contributed by atoms with Crippen LogP contribution in [-0.2, 0) is 6.42 Å². The summed E-state index contributed by atoms with van der Waals surface area (Å²) >= 11 is 13.5. The fourth-order valence-corrected chi connectivity index (χ4v) is 2.79. The second-order valence-electron chi connectivity index (χ2n) is 3.75. The molecule has 0 aliphatic heterocycles. The van der Waals surface area contributed by atoms with Gasteiger partial charge in [-0.3, -0.25) is 0 Å². The topological polar surface area (TPSA) is 33.1 Å². The van der Waals surface area contributed by atoms with Gasteiger partial charge in [0.2, 0.25) is 0 Å². The van der Waals surface area contributed by atoms with Crippen molar-refractivity contribution in [3.63, 3.8) is 0 Å². The van der Waals surface area contributed by atoms with Crippen molar-refractivity contribution in [3.05, 3.63) is 49.9 Å². The summed E-state index contributed by atoms with van der Waals surface area (Å²) in [5, 5.41) is 13.8. The minimum Gasteiger partial charge on any atom is -0.388 e. The van der Waals surface area contributed by atoms with Crippen molar-refractivity contribution in [3.8, 4) is 0 Å². The monoisotopic (exact) mass is 287 g/mol. The van der Waals surface area contributed by atoms with Gasteiger partial charge in [0.05, 0.1) is 21.2 Å². The average Bonchev–Trinajstić information content (AvgIpc) is 2.68. The Morgan fingerprint density at radius 2 is 2.18 bits per heavy atom. The van der Waals surface area contributed by atoms with Crippen LogP contribution in [0.1, 0.15) is 22.4 Å². The Balaban J connectivity index is 2.20. The summed E-state index contributed by atoms with van der Waals surface area (Å²) in [4.78, 5) is 4.31. The molecule has 0 amide bonds. The van der Waals surface area contributed by atoms with E-state index >= 15 is 0 Å². The number of hydrogen-bond acceptors (Lipinski definition) is 3. The van der Waals surface area contributed by atoms with Crippen LogP contribution in [0.5, 0.6) is 0 Å². The molecule has 0 fully saturated rings. The molecule has 90 valence electrons. The number of aryl methyl sites for hydroxylation is 1. The van der Waals surface area contributed by atoms with Gasteiger partial charge < -0.3 is 5.11 Å². The van der Waals surface area contributed by atoms with Gasteiger partial charge in [-0.2, -0.15) is 0 Å². The first kappa shape index (κ1) is 12.8. The van der Waals surface area contributed by atoms with Crippen molar-refractivity contribution in [1.29, 1.82) is 0 Å². The third kappa shape index (κ3) is 2.99. The number of hydrogen-bond donors (Lipinski definition) is 1. The number of nitrogens with zero attached hydrogens (tertiary/aromatic N) is 1. The number of halogens is 2. The molecule has 1 aromatic carbocycles.